The molecule has 6 heteroatoms. The van der Waals surface area contributed by atoms with Crippen molar-refractivity contribution in [3.05, 3.63) is 84.4 Å². The van der Waals surface area contributed by atoms with Gasteiger partial charge in [0.1, 0.15) is 28.6 Å². The number of hydrogen-bond acceptors (Lipinski definition) is 4. The van der Waals surface area contributed by atoms with Crippen molar-refractivity contribution in [3.8, 4) is 28.6 Å². The maximum atomic E-state index is 11.3. The van der Waals surface area contributed by atoms with Gasteiger partial charge in [0.05, 0.1) is 16.5 Å². The molecule has 0 saturated heterocycles. The largest absolute Gasteiger partial charge is 0.507 e. The predicted molar refractivity (Wildman–Crippen MR) is 114 cm³/mol. The molecular weight excluding hydrogens is 380 g/mol. The molecule has 3 N–H and O–H groups in total. The Morgan fingerprint density at radius 1 is 0.900 bits per heavy atom. The number of carbonyl (C=O) groups is 1. The molecule has 0 aliphatic carbocycles. The lowest BCUT2D eigenvalue weighted by Gasteiger charge is -2.06. The number of aromatic hydroxyl groups is 1. The van der Waals surface area contributed by atoms with E-state index in [9.17, 15) is 15.0 Å². The fourth-order valence-corrected chi connectivity index (χ4v) is 3.50. The van der Waals surface area contributed by atoms with Gasteiger partial charge in [-0.2, -0.15) is 0 Å². The number of carboxylic acids is 1. The van der Waals surface area contributed by atoms with E-state index in [1.165, 1.54) is 12.1 Å². The number of para-hydroxylation sites is 1. The van der Waals surface area contributed by atoms with Crippen LogP contribution >= 0.6 is 0 Å². The van der Waals surface area contributed by atoms with Gasteiger partial charge in [-0.05, 0) is 47.9 Å². The van der Waals surface area contributed by atoms with Gasteiger partial charge in [-0.1, -0.05) is 36.4 Å². The van der Waals surface area contributed by atoms with Crippen molar-refractivity contribution in [2.45, 2.75) is 0 Å². The third-order valence-electron chi connectivity index (χ3n) is 4.88. The molecule has 0 fully saturated rings. The van der Waals surface area contributed by atoms with E-state index < -0.39 is 5.97 Å². The van der Waals surface area contributed by atoms with Crippen LogP contribution in [0.5, 0.6) is 17.2 Å². The van der Waals surface area contributed by atoms with Crippen LogP contribution in [-0.2, 0) is 0 Å². The second-order valence-electron chi connectivity index (χ2n) is 6.89. The number of fused-ring (bicyclic) bond motifs is 3. The summed E-state index contributed by atoms with van der Waals surface area (Å²) in [5.41, 5.74) is 2.17. The number of rotatable bonds is 4. The van der Waals surface area contributed by atoms with Crippen LogP contribution in [0.15, 0.2) is 78.9 Å². The summed E-state index contributed by atoms with van der Waals surface area (Å²) in [4.78, 5) is 19.2. The number of ether oxygens (including phenoxy) is 1. The summed E-state index contributed by atoms with van der Waals surface area (Å²) in [5.74, 6) is 0.833. The Balaban J connectivity index is 1.59. The number of nitrogens with one attached hydrogen (secondary N) is 1. The molecule has 4 aromatic carbocycles. The first-order valence-electron chi connectivity index (χ1n) is 9.30. The Labute approximate surface area is 171 Å². The molecule has 1 aromatic heterocycles. The van der Waals surface area contributed by atoms with E-state index in [4.69, 9.17) is 4.74 Å². The number of hydrogen-bond donors (Lipinski definition) is 3. The molecule has 0 radical (unpaired) electrons. The molecular formula is C24H16N2O4. The molecule has 0 atom stereocenters. The van der Waals surface area contributed by atoms with Gasteiger partial charge in [-0.15, -0.1) is 0 Å². The van der Waals surface area contributed by atoms with Crippen molar-refractivity contribution in [1.29, 1.82) is 0 Å². The van der Waals surface area contributed by atoms with Gasteiger partial charge >= 0.3 is 5.97 Å². The maximum Gasteiger partial charge on any atom is 0.335 e. The standard InChI is InChI=1S/C24H16N2O4/c27-20-13-16(24(28)29)11-14-9-10-19-22(21(14)20)26-23(25-19)15-5-4-8-18(12-15)30-17-6-2-1-3-7-17/h1-13,27H,(H,25,26)(H,28,29). The molecule has 0 bridgehead atoms. The summed E-state index contributed by atoms with van der Waals surface area (Å²) in [6.45, 7) is 0. The highest BCUT2D eigenvalue weighted by atomic mass is 16.5. The van der Waals surface area contributed by atoms with Crippen molar-refractivity contribution in [1.82, 2.24) is 9.97 Å². The van der Waals surface area contributed by atoms with Crippen LogP contribution in [0.1, 0.15) is 10.4 Å². The van der Waals surface area contributed by atoms with Crippen molar-refractivity contribution in [2.75, 3.05) is 0 Å². The van der Waals surface area contributed by atoms with Crippen molar-refractivity contribution in [3.63, 3.8) is 0 Å². The van der Waals surface area contributed by atoms with Crippen molar-refractivity contribution in [2.24, 2.45) is 0 Å². The van der Waals surface area contributed by atoms with Crippen LogP contribution in [0.3, 0.4) is 0 Å². The average molecular weight is 396 g/mol. The number of phenolic OH excluding ortho intramolecular Hbond substituents is 1. The summed E-state index contributed by atoms with van der Waals surface area (Å²) in [5, 5.41) is 20.8. The number of H-pyrrole nitrogens is 1. The highest BCUT2D eigenvalue weighted by Crippen LogP contribution is 2.34. The summed E-state index contributed by atoms with van der Waals surface area (Å²) in [6.07, 6.45) is 0. The first-order chi connectivity index (χ1) is 14.6. The number of nitrogens with zero attached hydrogens (tertiary/aromatic N) is 1. The Bertz CT molecular complexity index is 1410. The Morgan fingerprint density at radius 3 is 2.50 bits per heavy atom. The third kappa shape index (κ3) is 3.10. The fraction of sp³-hybridized carbons (Fsp3) is 0. The molecule has 5 rings (SSSR count). The van der Waals surface area contributed by atoms with Gasteiger partial charge in [-0.25, -0.2) is 9.78 Å². The first kappa shape index (κ1) is 17.8. The molecule has 0 spiro atoms. The van der Waals surface area contributed by atoms with Crippen LogP contribution in [0.2, 0.25) is 0 Å². The summed E-state index contributed by atoms with van der Waals surface area (Å²) < 4.78 is 5.90. The molecule has 146 valence electrons. The fourth-order valence-electron chi connectivity index (χ4n) is 3.50. The molecule has 0 amide bonds. The van der Waals surface area contributed by atoms with Crippen LogP contribution in [0.25, 0.3) is 33.2 Å². The minimum Gasteiger partial charge on any atom is -0.507 e. The van der Waals surface area contributed by atoms with E-state index >= 15 is 0 Å². The molecule has 6 nitrogen and oxygen atoms in total. The predicted octanol–water partition coefficient (Wildman–Crippen LogP) is 5.58. The van der Waals surface area contributed by atoms with Gasteiger partial charge < -0.3 is 19.9 Å². The number of imidazole rings is 1. The topological polar surface area (TPSA) is 95.4 Å². The molecule has 0 aliphatic heterocycles. The quantitative estimate of drug-likeness (QED) is 0.369. The number of aromatic amines is 1. The summed E-state index contributed by atoms with van der Waals surface area (Å²) >= 11 is 0. The first-order valence-corrected chi connectivity index (χ1v) is 9.30. The molecule has 0 aliphatic rings. The van der Waals surface area contributed by atoms with E-state index in [2.05, 4.69) is 9.97 Å². The van der Waals surface area contributed by atoms with Gasteiger partial charge in [0.2, 0.25) is 0 Å². The smallest absolute Gasteiger partial charge is 0.335 e. The van der Waals surface area contributed by atoms with E-state index in [0.29, 0.717) is 27.9 Å². The lowest BCUT2D eigenvalue weighted by Crippen LogP contribution is -1.95. The number of aromatic nitrogens is 2. The zero-order valence-corrected chi connectivity index (χ0v) is 15.7. The number of carboxylic acid groups (broad SMARTS) is 1. The molecule has 5 aromatic rings. The second kappa shape index (κ2) is 6.93. The Hall–Kier alpha value is -4.32. The van der Waals surface area contributed by atoms with Crippen LogP contribution in [0.4, 0.5) is 0 Å². The molecule has 30 heavy (non-hydrogen) atoms. The summed E-state index contributed by atoms with van der Waals surface area (Å²) in [7, 11) is 0. The zero-order chi connectivity index (χ0) is 20.7. The van der Waals surface area contributed by atoms with Gasteiger partial charge in [0.15, 0.2) is 0 Å². The minimum absolute atomic E-state index is 0.0286. The van der Waals surface area contributed by atoms with Gasteiger partial charge in [0, 0.05) is 5.56 Å². The number of benzene rings is 4. The average Bonchev–Trinajstić information content (AvgIpc) is 3.19. The molecule has 0 saturated carbocycles. The van der Waals surface area contributed by atoms with Gasteiger partial charge in [0.25, 0.3) is 0 Å². The molecule has 1 heterocycles. The molecule has 0 unspecified atom stereocenters. The zero-order valence-electron chi connectivity index (χ0n) is 15.7. The Kier molecular flexibility index (Phi) is 4.10. The number of aromatic carboxylic acids is 1. The second-order valence-corrected chi connectivity index (χ2v) is 6.89. The van der Waals surface area contributed by atoms with Crippen LogP contribution in [-0.4, -0.2) is 26.2 Å². The SMILES string of the molecule is O=C(O)c1cc(O)c2c(ccc3[nH]c(-c4cccc(Oc5ccccc5)c4)nc32)c1. The summed E-state index contributed by atoms with van der Waals surface area (Å²) in [6, 6.07) is 23.4. The van der Waals surface area contributed by atoms with E-state index in [1.807, 2.05) is 60.7 Å². The van der Waals surface area contributed by atoms with E-state index in [-0.39, 0.29) is 11.3 Å². The highest BCUT2D eigenvalue weighted by molar-refractivity contribution is 6.10. The van der Waals surface area contributed by atoms with Gasteiger partial charge in [-0.3, -0.25) is 0 Å². The van der Waals surface area contributed by atoms with E-state index in [1.54, 1.807) is 6.07 Å². The van der Waals surface area contributed by atoms with E-state index in [0.717, 1.165) is 16.8 Å². The van der Waals surface area contributed by atoms with Crippen molar-refractivity contribution < 1.29 is 19.7 Å². The monoisotopic (exact) mass is 396 g/mol. The lowest BCUT2D eigenvalue weighted by molar-refractivity contribution is 0.0696. The highest BCUT2D eigenvalue weighted by Gasteiger charge is 2.15. The maximum absolute atomic E-state index is 11.3. The Morgan fingerprint density at radius 2 is 1.70 bits per heavy atom. The minimum atomic E-state index is -1.09. The van der Waals surface area contributed by atoms with Crippen molar-refractivity contribution >= 4 is 27.8 Å². The van der Waals surface area contributed by atoms with Crippen LogP contribution < -0.4 is 4.74 Å². The normalized spacial score (nSPS) is 11.1. The third-order valence-corrected chi connectivity index (χ3v) is 4.88. The van der Waals surface area contributed by atoms with Crippen LogP contribution in [0, 0.1) is 0 Å². The number of phenols is 1. The lowest BCUT2D eigenvalue weighted by atomic mass is 10.0.